The van der Waals surface area contributed by atoms with Gasteiger partial charge in [-0.2, -0.15) is 0 Å². The van der Waals surface area contributed by atoms with Gasteiger partial charge in [-0.1, -0.05) is 23.4 Å². The van der Waals surface area contributed by atoms with E-state index >= 15 is 0 Å². The Morgan fingerprint density at radius 2 is 2.09 bits per heavy atom. The number of fused-ring (bicyclic) bond motifs is 1. The molecule has 2 saturated heterocycles. The van der Waals surface area contributed by atoms with Crippen LogP contribution in [0, 0.1) is 12.3 Å². The topological polar surface area (TPSA) is 111 Å². The molecule has 2 atom stereocenters. The molecule has 2 aliphatic rings. The number of piperidine rings is 1. The molecule has 0 unspecified atom stereocenters. The number of aliphatic hydroxyl groups is 1. The summed E-state index contributed by atoms with van der Waals surface area (Å²) in [6.45, 7) is 6.55. The molecule has 9 nitrogen and oxygen atoms in total. The molecule has 0 bridgehead atoms. The predicted octanol–water partition coefficient (Wildman–Crippen LogP) is 3.21. The Kier molecular flexibility index (Phi) is 6.95. The minimum absolute atomic E-state index is 0.0267. The van der Waals surface area contributed by atoms with Crippen molar-refractivity contribution in [2.45, 2.75) is 62.0 Å². The molecule has 5 heterocycles. The maximum absolute atomic E-state index is 10.1. The minimum Gasteiger partial charge on any atom is -0.390 e. The number of aliphatic hydroxyl groups excluding tert-OH is 1. The average Bonchev–Trinajstić information content (AvgIpc) is 3.39. The van der Waals surface area contributed by atoms with Crippen molar-refractivity contribution < 1.29 is 14.6 Å². The molecule has 2 fully saturated rings. The van der Waals surface area contributed by atoms with E-state index in [2.05, 4.69) is 16.8 Å². The summed E-state index contributed by atoms with van der Waals surface area (Å²) in [5, 5.41) is 11.4. The van der Waals surface area contributed by atoms with Gasteiger partial charge in [0.15, 0.2) is 11.5 Å². The summed E-state index contributed by atoms with van der Waals surface area (Å²) in [6, 6.07) is 1.99. The fourth-order valence-electron chi connectivity index (χ4n) is 5.07. The summed E-state index contributed by atoms with van der Waals surface area (Å²) in [7, 11) is 1.64. The quantitative estimate of drug-likeness (QED) is 0.508. The summed E-state index contributed by atoms with van der Waals surface area (Å²) in [5.74, 6) is 0.740. The number of ether oxygens (including phenoxy) is 2. The van der Waals surface area contributed by atoms with Crippen molar-refractivity contribution in [2.24, 2.45) is 11.1 Å². The molecule has 0 radical (unpaired) electrons. The maximum Gasteiger partial charge on any atom is 0.157 e. The molecule has 5 rings (SSSR count). The first kappa shape index (κ1) is 24.7. The molecule has 3 aromatic rings. The lowest BCUT2D eigenvalue weighted by atomic mass is 9.73. The van der Waals surface area contributed by atoms with E-state index < -0.39 is 0 Å². The first-order valence-electron chi connectivity index (χ1n) is 11.8. The van der Waals surface area contributed by atoms with E-state index in [9.17, 15) is 5.11 Å². The second-order valence-corrected chi connectivity index (χ2v) is 10.8. The van der Waals surface area contributed by atoms with Crippen molar-refractivity contribution in [3.8, 4) is 0 Å². The number of halogens is 1. The third-order valence-electron chi connectivity index (χ3n) is 7.21. The number of hydrogen-bond acceptors (Lipinski definition) is 9. The van der Waals surface area contributed by atoms with Gasteiger partial charge < -0.3 is 29.6 Å². The van der Waals surface area contributed by atoms with Gasteiger partial charge in [0.2, 0.25) is 0 Å². The van der Waals surface area contributed by atoms with Crippen molar-refractivity contribution in [3.05, 3.63) is 40.6 Å². The zero-order valence-corrected chi connectivity index (χ0v) is 21.8. The molecule has 11 heteroatoms. The molecule has 188 valence electrons. The van der Waals surface area contributed by atoms with Crippen molar-refractivity contribution in [3.63, 3.8) is 0 Å². The summed E-state index contributed by atoms with van der Waals surface area (Å²) in [4.78, 5) is 17.3. The van der Waals surface area contributed by atoms with E-state index in [-0.39, 0.29) is 24.2 Å². The van der Waals surface area contributed by atoms with Crippen LogP contribution in [-0.2, 0) is 22.7 Å². The lowest BCUT2D eigenvalue weighted by Gasteiger charge is -2.42. The Morgan fingerprint density at radius 1 is 1.31 bits per heavy atom. The molecular formula is C24H31ClN6O3S. The van der Waals surface area contributed by atoms with Crippen LogP contribution in [0.3, 0.4) is 0 Å². The van der Waals surface area contributed by atoms with Crippen molar-refractivity contribution in [1.82, 2.24) is 19.4 Å². The van der Waals surface area contributed by atoms with Gasteiger partial charge in [-0.3, -0.25) is 0 Å². The smallest absolute Gasteiger partial charge is 0.157 e. The van der Waals surface area contributed by atoms with Crippen LogP contribution in [0.4, 0.5) is 5.82 Å². The Balaban J connectivity index is 1.37. The fraction of sp³-hybridized carbons (Fsp3) is 0.542. The second-order valence-electron chi connectivity index (χ2n) is 9.43. The molecule has 1 spiro atoms. The van der Waals surface area contributed by atoms with E-state index in [1.54, 1.807) is 7.11 Å². The van der Waals surface area contributed by atoms with Crippen LogP contribution in [0.5, 0.6) is 0 Å². The van der Waals surface area contributed by atoms with E-state index in [1.807, 2.05) is 29.8 Å². The van der Waals surface area contributed by atoms with Crippen LogP contribution in [-0.4, -0.2) is 63.4 Å². The SMILES string of the molecule is COCc1cn2ccc(Sc3nc(CO)c(N4CCC5(CC4)CO[C@@H](C)[C@H]5N)nc3C)c(Cl)c2n1. The molecule has 0 aliphatic carbocycles. The molecule has 3 N–H and O–H groups in total. The lowest BCUT2D eigenvalue weighted by molar-refractivity contribution is 0.0973. The zero-order chi connectivity index (χ0) is 24.7. The predicted molar refractivity (Wildman–Crippen MR) is 135 cm³/mol. The van der Waals surface area contributed by atoms with Gasteiger partial charge in [0.25, 0.3) is 0 Å². The second kappa shape index (κ2) is 9.84. The van der Waals surface area contributed by atoms with Gasteiger partial charge in [0.1, 0.15) is 10.7 Å². The number of imidazole rings is 1. The third kappa shape index (κ3) is 4.52. The van der Waals surface area contributed by atoms with Crippen molar-refractivity contribution >= 4 is 34.8 Å². The standard InChI is InChI=1S/C24H31ClN6O3S/c1-14-23(35-18-4-7-31-10-16(12-33-3)28-22(31)19(18)25)29-17(11-32)21(27-14)30-8-5-24(6-9-30)13-34-15(2)20(24)26/h4,7,10,15,20,32H,5-6,8-9,11-13,26H2,1-3H3/t15-,20+/m0/s1. The molecule has 3 aromatic heterocycles. The number of nitrogens with two attached hydrogens (primary N) is 1. The highest BCUT2D eigenvalue weighted by Crippen LogP contribution is 2.42. The van der Waals surface area contributed by atoms with Crippen LogP contribution in [0.2, 0.25) is 5.02 Å². The summed E-state index contributed by atoms with van der Waals surface area (Å²) >= 11 is 8.12. The number of methoxy groups -OCH3 is 1. The van der Waals surface area contributed by atoms with Crippen LogP contribution >= 0.6 is 23.4 Å². The van der Waals surface area contributed by atoms with Gasteiger partial charge in [-0.15, -0.1) is 0 Å². The molecule has 0 aromatic carbocycles. The molecule has 2 aliphatic heterocycles. The highest BCUT2D eigenvalue weighted by molar-refractivity contribution is 7.99. The zero-order valence-electron chi connectivity index (χ0n) is 20.2. The number of rotatable bonds is 6. The average molecular weight is 519 g/mol. The maximum atomic E-state index is 10.1. The van der Waals surface area contributed by atoms with Gasteiger partial charge in [-0.05, 0) is 32.8 Å². The number of pyridine rings is 1. The molecule has 35 heavy (non-hydrogen) atoms. The van der Waals surface area contributed by atoms with Crippen molar-refractivity contribution in [1.29, 1.82) is 0 Å². The number of nitrogens with zero attached hydrogens (tertiary/aromatic N) is 5. The van der Waals surface area contributed by atoms with E-state index in [1.165, 1.54) is 11.8 Å². The summed E-state index contributed by atoms with van der Waals surface area (Å²) in [6.07, 6.45) is 5.78. The number of anilines is 1. The Hall–Kier alpha value is -1.95. The molecular weight excluding hydrogens is 488 g/mol. The number of aryl methyl sites for hydroxylation is 1. The first-order chi connectivity index (χ1) is 16.8. The lowest BCUT2D eigenvalue weighted by Crippen LogP contribution is -2.51. The Bertz CT molecular complexity index is 1230. The summed E-state index contributed by atoms with van der Waals surface area (Å²) < 4.78 is 12.9. The van der Waals surface area contributed by atoms with Gasteiger partial charge >= 0.3 is 0 Å². The Labute approximate surface area is 214 Å². The van der Waals surface area contributed by atoms with Gasteiger partial charge in [0, 0.05) is 48.9 Å². The first-order valence-corrected chi connectivity index (χ1v) is 13.0. The van der Waals surface area contributed by atoms with E-state index in [0.29, 0.717) is 34.6 Å². The van der Waals surface area contributed by atoms with Crippen LogP contribution in [0.25, 0.3) is 5.65 Å². The van der Waals surface area contributed by atoms with Crippen molar-refractivity contribution in [2.75, 3.05) is 31.7 Å². The number of aromatic nitrogens is 4. The van der Waals surface area contributed by atoms with Crippen LogP contribution in [0.1, 0.15) is 36.8 Å². The number of hydrogen-bond donors (Lipinski definition) is 2. The minimum atomic E-state index is -0.190. The highest BCUT2D eigenvalue weighted by atomic mass is 35.5. The van der Waals surface area contributed by atoms with Crippen LogP contribution in [0.15, 0.2) is 28.4 Å². The third-order valence-corrected chi connectivity index (χ3v) is 8.84. The fourth-order valence-corrected chi connectivity index (χ4v) is 6.26. The van der Waals surface area contributed by atoms with E-state index in [0.717, 1.165) is 48.0 Å². The normalized spacial score (nSPS) is 21.9. The van der Waals surface area contributed by atoms with E-state index in [4.69, 9.17) is 36.8 Å². The van der Waals surface area contributed by atoms with Gasteiger partial charge in [0.05, 0.1) is 42.3 Å². The highest BCUT2D eigenvalue weighted by Gasteiger charge is 2.47. The Morgan fingerprint density at radius 3 is 2.74 bits per heavy atom. The molecule has 0 saturated carbocycles. The van der Waals surface area contributed by atoms with Gasteiger partial charge in [-0.25, -0.2) is 15.0 Å². The monoisotopic (exact) mass is 518 g/mol. The molecule has 0 amide bonds. The van der Waals surface area contributed by atoms with Crippen LogP contribution < -0.4 is 10.6 Å². The largest absolute Gasteiger partial charge is 0.390 e. The summed E-state index contributed by atoms with van der Waals surface area (Å²) in [5.41, 5.74) is 9.32.